The molecule has 0 saturated carbocycles. The second kappa shape index (κ2) is 5.19. The van der Waals surface area contributed by atoms with Crippen LogP contribution in [0.4, 0.5) is 0 Å². The van der Waals surface area contributed by atoms with E-state index in [9.17, 15) is 4.79 Å². The third-order valence-corrected chi connectivity index (χ3v) is 2.97. The van der Waals surface area contributed by atoms with Crippen molar-refractivity contribution in [2.45, 2.75) is 13.0 Å². The first-order valence-corrected chi connectivity index (χ1v) is 5.75. The Morgan fingerprint density at radius 3 is 2.94 bits per heavy atom. The molecule has 0 radical (unpaired) electrons. The summed E-state index contributed by atoms with van der Waals surface area (Å²) in [6.07, 6.45) is 0. The largest absolute Gasteiger partial charge is 0.496 e. The van der Waals surface area contributed by atoms with Crippen LogP contribution in [-0.4, -0.2) is 43.7 Å². The van der Waals surface area contributed by atoms with Crippen LogP contribution < -0.4 is 4.74 Å². The maximum atomic E-state index is 12.4. The van der Waals surface area contributed by atoms with Crippen LogP contribution in [0.1, 0.15) is 17.3 Å². The van der Waals surface area contributed by atoms with E-state index in [0.29, 0.717) is 31.1 Å². The average molecular weight is 235 g/mol. The van der Waals surface area contributed by atoms with Crippen LogP contribution in [0.15, 0.2) is 24.3 Å². The molecule has 17 heavy (non-hydrogen) atoms. The predicted octanol–water partition coefficient (Wildman–Crippen LogP) is 1.56. The minimum atomic E-state index is 0.0123. The number of nitrogens with zero attached hydrogens (tertiary/aromatic N) is 1. The molecular formula is C13H17NO3. The summed E-state index contributed by atoms with van der Waals surface area (Å²) in [6, 6.07) is 7.42. The Bertz CT molecular complexity index is 405. The highest BCUT2D eigenvalue weighted by molar-refractivity contribution is 5.97. The van der Waals surface area contributed by atoms with Crippen molar-refractivity contribution < 1.29 is 14.3 Å². The molecule has 1 aromatic rings. The summed E-state index contributed by atoms with van der Waals surface area (Å²) in [6.45, 7) is 3.83. The molecule has 1 fully saturated rings. The Kier molecular flexibility index (Phi) is 3.64. The van der Waals surface area contributed by atoms with E-state index in [1.165, 1.54) is 0 Å². The number of morpholine rings is 1. The van der Waals surface area contributed by atoms with E-state index in [0.717, 1.165) is 0 Å². The third-order valence-electron chi connectivity index (χ3n) is 2.97. The highest BCUT2D eigenvalue weighted by Crippen LogP contribution is 2.21. The van der Waals surface area contributed by atoms with Crippen molar-refractivity contribution in [2.75, 3.05) is 26.9 Å². The van der Waals surface area contributed by atoms with Gasteiger partial charge in [0, 0.05) is 6.54 Å². The Morgan fingerprint density at radius 1 is 1.47 bits per heavy atom. The number of hydrogen-bond donors (Lipinski definition) is 0. The number of rotatable bonds is 2. The van der Waals surface area contributed by atoms with Gasteiger partial charge in [-0.25, -0.2) is 0 Å². The number of hydrogen-bond acceptors (Lipinski definition) is 3. The number of carbonyl (C=O) groups excluding carboxylic acids is 1. The fourth-order valence-electron chi connectivity index (χ4n) is 2.00. The molecule has 2 rings (SSSR count). The zero-order valence-corrected chi connectivity index (χ0v) is 10.2. The van der Waals surface area contributed by atoms with Gasteiger partial charge in [-0.15, -0.1) is 0 Å². The van der Waals surface area contributed by atoms with Crippen molar-refractivity contribution in [1.82, 2.24) is 4.90 Å². The number of amides is 1. The zero-order valence-electron chi connectivity index (χ0n) is 10.2. The Morgan fingerprint density at radius 2 is 2.24 bits per heavy atom. The monoisotopic (exact) mass is 235 g/mol. The summed E-state index contributed by atoms with van der Waals surface area (Å²) < 4.78 is 10.5. The van der Waals surface area contributed by atoms with Crippen LogP contribution in [0.3, 0.4) is 0 Å². The molecule has 1 amide bonds. The Balaban J connectivity index is 2.23. The van der Waals surface area contributed by atoms with Gasteiger partial charge in [-0.2, -0.15) is 0 Å². The lowest BCUT2D eigenvalue weighted by Crippen LogP contribution is -2.47. The normalized spacial score (nSPS) is 20.1. The fourth-order valence-corrected chi connectivity index (χ4v) is 2.00. The lowest BCUT2D eigenvalue weighted by molar-refractivity contribution is 0.00344. The summed E-state index contributed by atoms with van der Waals surface area (Å²) in [7, 11) is 1.58. The number of methoxy groups -OCH3 is 1. The topological polar surface area (TPSA) is 38.8 Å². The maximum absolute atomic E-state index is 12.4. The molecule has 4 nitrogen and oxygen atoms in total. The van der Waals surface area contributed by atoms with Gasteiger partial charge in [-0.05, 0) is 19.1 Å². The van der Waals surface area contributed by atoms with Crippen LogP contribution in [0.5, 0.6) is 5.75 Å². The van der Waals surface area contributed by atoms with Gasteiger partial charge >= 0.3 is 0 Å². The van der Waals surface area contributed by atoms with Crippen LogP contribution in [-0.2, 0) is 4.74 Å². The molecular weight excluding hydrogens is 218 g/mol. The van der Waals surface area contributed by atoms with E-state index in [1.54, 1.807) is 19.2 Å². The molecule has 1 aliphatic heterocycles. The second-order valence-electron chi connectivity index (χ2n) is 4.12. The molecule has 0 bridgehead atoms. The molecule has 1 aromatic carbocycles. The number of para-hydroxylation sites is 1. The van der Waals surface area contributed by atoms with Crippen LogP contribution in [0, 0.1) is 0 Å². The first-order valence-electron chi connectivity index (χ1n) is 5.75. The minimum Gasteiger partial charge on any atom is -0.496 e. The summed E-state index contributed by atoms with van der Waals surface area (Å²) >= 11 is 0. The molecule has 92 valence electrons. The molecule has 0 spiro atoms. The van der Waals surface area contributed by atoms with E-state index in [4.69, 9.17) is 9.47 Å². The van der Waals surface area contributed by atoms with Crippen molar-refractivity contribution in [3.63, 3.8) is 0 Å². The summed E-state index contributed by atoms with van der Waals surface area (Å²) in [5.41, 5.74) is 0.615. The van der Waals surface area contributed by atoms with Gasteiger partial charge in [-0.1, -0.05) is 12.1 Å². The van der Waals surface area contributed by atoms with Crippen molar-refractivity contribution in [3.05, 3.63) is 29.8 Å². The van der Waals surface area contributed by atoms with E-state index >= 15 is 0 Å². The predicted molar refractivity (Wildman–Crippen MR) is 64.3 cm³/mol. The van der Waals surface area contributed by atoms with Crippen molar-refractivity contribution in [1.29, 1.82) is 0 Å². The SMILES string of the molecule is COc1ccccc1C(=O)N1CCOCC1C. The first-order chi connectivity index (χ1) is 8.24. The zero-order chi connectivity index (χ0) is 12.3. The lowest BCUT2D eigenvalue weighted by Gasteiger charge is -2.33. The minimum absolute atomic E-state index is 0.0123. The molecule has 0 N–H and O–H groups in total. The van der Waals surface area contributed by atoms with E-state index < -0.39 is 0 Å². The molecule has 0 aromatic heterocycles. The fraction of sp³-hybridized carbons (Fsp3) is 0.462. The number of ether oxygens (including phenoxy) is 2. The number of carbonyl (C=O) groups is 1. The van der Waals surface area contributed by atoms with Crippen LogP contribution in [0.2, 0.25) is 0 Å². The van der Waals surface area contributed by atoms with Gasteiger partial charge < -0.3 is 14.4 Å². The highest BCUT2D eigenvalue weighted by atomic mass is 16.5. The Labute approximate surface area is 101 Å². The van der Waals surface area contributed by atoms with Gasteiger partial charge in [0.15, 0.2) is 0 Å². The summed E-state index contributed by atoms with van der Waals surface area (Å²) in [4.78, 5) is 14.2. The molecule has 1 atom stereocenters. The molecule has 4 heteroatoms. The molecule has 0 aliphatic carbocycles. The standard InChI is InChI=1S/C13H17NO3/c1-10-9-17-8-7-14(10)13(15)11-5-3-4-6-12(11)16-2/h3-6,10H,7-9H2,1-2H3. The van der Waals surface area contributed by atoms with Gasteiger partial charge in [0.25, 0.3) is 5.91 Å². The van der Waals surface area contributed by atoms with Crippen LogP contribution in [0.25, 0.3) is 0 Å². The summed E-state index contributed by atoms with van der Waals surface area (Å²) in [5, 5.41) is 0. The lowest BCUT2D eigenvalue weighted by atomic mass is 10.1. The van der Waals surface area contributed by atoms with Gasteiger partial charge in [0.2, 0.25) is 0 Å². The van der Waals surface area contributed by atoms with E-state index in [2.05, 4.69) is 0 Å². The van der Waals surface area contributed by atoms with Crippen molar-refractivity contribution in [3.8, 4) is 5.75 Å². The second-order valence-corrected chi connectivity index (χ2v) is 4.12. The Hall–Kier alpha value is -1.55. The molecule has 1 saturated heterocycles. The van der Waals surface area contributed by atoms with Crippen molar-refractivity contribution >= 4 is 5.91 Å². The average Bonchev–Trinajstić information content (AvgIpc) is 2.38. The molecule has 1 aliphatic rings. The van der Waals surface area contributed by atoms with E-state index in [1.807, 2.05) is 24.0 Å². The maximum Gasteiger partial charge on any atom is 0.258 e. The smallest absolute Gasteiger partial charge is 0.258 e. The molecule has 1 unspecified atom stereocenters. The quantitative estimate of drug-likeness (QED) is 0.780. The van der Waals surface area contributed by atoms with Crippen molar-refractivity contribution in [2.24, 2.45) is 0 Å². The van der Waals surface area contributed by atoms with Gasteiger partial charge in [-0.3, -0.25) is 4.79 Å². The van der Waals surface area contributed by atoms with Gasteiger partial charge in [0.05, 0.1) is 31.9 Å². The number of benzene rings is 1. The third kappa shape index (κ3) is 2.42. The van der Waals surface area contributed by atoms with Gasteiger partial charge in [0.1, 0.15) is 5.75 Å². The highest BCUT2D eigenvalue weighted by Gasteiger charge is 2.26. The van der Waals surface area contributed by atoms with E-state index in [-0.39, 0.29) is 11.9 Å². The molecule has 1 heterocycles. The van der Waals surface area contributed by atoms with Crippen LogP contribution >= 0.6 is 0 Å². The summed E-state index contributed by atoms with van der Waals surface area (Å²) in [5.74, 6) is 0.634. The first kappa shape index (κ1) is 11.9.